The molecule has 2 amide bonds. The van der Waals surface area contributed by atoms with Crippen molar-refractivity contribution in [2.24, 2.45) is 5.92 Å². The Bertz CT molecular complexity index is 789. The number of nitrogens with one attached hydrogen (secondary N) is 1. The Morgan fingerprint density at radius 3 is 2.21 bits per heavy atom. The minimum Gasteiger partial charge on any atom is -0.444 e. The van der Waals surface area contributed by atoms with Gasteiger partial charge in [-0.25, -0.2) is 13.2 Å². The van der Waals surface area contributed by atoms with Crippen LogP contribution in [-0.4, -0.2) is 56.8 Å². The van der Waals surface area contributed by atoms with Gasteiger partial charge in [0.25, 0.3) is 5.91 Å². The average molecular weight is 411 g/mol. The highest BCUT2D eigenvalue weighted by molar-refractivity contribution is 7.89. The molecular weight excluding hydrogens is 380 g/mol. The van der Waals surface area contributed by atoms with Crippen LogP contribution in [0.5, 0.6) is 0 Å². The standard InChI is InChI=1S/C20H30N2O5S/c1-20(2,3)27-19(24)21-13-15-9-11-22(12-10-15)18(23)17-7-5-16(6-8-17)14-28(4,25)26/h5-8,15H,9-14H2,1-4H3,(H,21,24). The van der Waals surface area contributed by atoms with E-state index in [1.54, 1.807) is 29.2 Å². The second-order valence-corrected chi connectivity index (χ2v) is 10.5. The summed E-state index contributed by atoms with van der Waals surface area (Å²) in [6.07, 6.45) is 2.40. The lowest BCUT2D eigenvalue weighted by molar-refractivity contribution is 0.0500. The van der Waals surface area contributed by atoms with E-state index in [4.69, 9.17) is 4.74 Å². The number of hydrogen-bond acceptors (Lipinski definition) is 5. The first-order valence-corrected chi connectivity index (χ1v) is 11.5. The van der Waals surface area contributed by atoms with Crippen molar-refractivity contribution in [2.45, 2.75) is 45.0 Å². The smallest absolute Gasteiger partial charge is 0.407 e. The van der Waals surface area contributed by atoms with Crippen LogP contribution in [-0.2, 0) is 20.3 Å². The summed E-state index contributed by atoms with van der Waals surface area (Å²) >= 11 is 0. The topological polar surface area (TPSA) is 92.8 Å². The van der Waals surface area contributed by atoms with Crippen LogP contribution in [0.4, 0.5) is 4.79 Å². The van der Waals surface area contributed by atoms with Crippen molar-refractivity contribution in [3.8, 4) is 0 Å². The van der Waals surface area contributed by atoms with Gasteiger partial charge in [-0.3, -0.25) is 4.79 Å². The largest absolute Gasteiger partial charge is 0.444 e. The fraction of sp³-hybridized carbons (Fsp3) is 0.600. The third-order valence-corrected chi connectivity index (χ3v) is 5.32. The fourth-order valence-corrected chi connectivity index (χ4v) is 3.91. The average Bonchev–Trinajstić information content (AvgIpc) is 2.58. The van der Waals surface area contributed by atoms with E-state index in [1.165, 1.54) is 6.26 Å². The van der Waals surface area contributed by atoms with Gasteiger partial charge in [0, 0.05) is 31.5 Å². The van der Waals surface area contributed by atoms with Gasteiger partial charge >= 0.3 is 6.09 Å². The number of alkyl carbamates (subject to hydrolysis) is 1. The van der Waals surface area contributed by atoms with Gasteiger partial charge in [0.2, 0.25) is 0 Å². The summed E-state index contributed by atoms with van der Waals surface area (Å²) < 4.78 is 27.9. The Kier molecular flexibility index (Phi) is 7.09. The Balaban J connectivity index is 1.81. The highest BCUT2D eigenvalue weighted by Gasteiger charge is 2.25. The van der Waals surface area contributed by atoms with Crippen LogP contribution in [0.3, 0.4) is 0 Å². The number of ether oxygens (including phenoxy) is 1. The number of sulfone groups is 1. The number of piperidine rings is 1. The summed E-state index contributed by atoms with van der Waals surface area (Å²) in [7, 11) is -3.09. The van der Waals surface area contributed by atoms with Crippen LogP contribution in [0.2, 0.25) is 0 Å². The zero-order valence-electron chi connectivity index (χ0n) is 17.0. The fourth-order valence-electron chi connectivity index (χ4n) is 3.11. The number of hydrogen-bond donors (Lipinski definition) is 1. The van der Waals surface area contributed by atoms with Gasteiger partial charge in [0.1, 0.15) is 5.60 Å². The Labute approximate surface area is 167 Å². The normalized spacial score (nSPS) is 15.9. The van der Waals surface area contributed by atoms with Crippen LogP contribution in [0, 0.1) is 5.92 Å². The highest BCUT2D eigenvalue weighted by atomic mass is 32.2. The summed E-state index contributed by atoms with van der Waals surface area (Å²) in [6, 6.07) is 6.73. The van der Waals surface area contributed by atoms with E-state index < -0.39 is 21.5 Å². The lowest BCUT2D eigenvalue weighted by Gasteiger charge is -2.32. The molecule has 1 saturated heterocycles. The molecule has 7 nitrogen and oxygen atoms in total. The summed E-state index contributed by atoms with van der Waals surface area (Å²) in [5.74, 6) is 0.232. The van der Waals surface area contributed by atoms with Crippen LogP contribution in [0.15, 0.2) is 24.3 Å². The molecule has 2 rings (SSSR count). The zero-order chi connectivity index (χ0) is 20.9. The predicted octanol–water partition coefficient (Wildman–Crippen LogP) is 2.61. The molecule has 0 spiro atoms. The van der Waals surface area contributed by atoms with Crippen LogP contribution in [0.1, 0.15) is 49.5 Å². The van der Waals surface area contributed by atoms with Crippen molar-refractivity contribution in [1.29, 1.82) is 0 Å². The molecule has 28 heavy (non-hydrogen) atoms. The molecule has 1 aromatic carbocycles. The van der Waals surface area contributed by atoms with Crippen molar-refractivity contribution in [3.63, 3.8) is 0 Å². The molecule has 1 aliphatic rings. The first kappa shape index (κ1) is 22.2. The van der Waals surface area contributed by atoms with Gasteiger partial charge in [0.05, 0.1) is 5.75 Å². The first-order valence-electron chi connectivity index (χ1n) is 9.46. The maximum Gasteiger partial charge on any atom is 0.407 e. The number of benzene rings is 1. The number of rotatable bonds is 5. The highest BCUT2D eigenvalue weighted by Crippen LogP contribution is 2.19. The molecule has 0 bridgehead atoms. The molecule has 1 aliphatic heterocycles. The number of carbonyl (C=O) groups is 2. The van der Waals surface area contributed by atoms with Gasteiger partial charge in [-0.1, -0.05) is 12.1 Å². The monoisotopic (exact) mass is 410 g/mol. The van der Waals surface area contributed by atoms with Crippen LogP contribution in [0.25, 0.3) is 0 Å². The number of carbonyl (C=O) groups excluding carboxylic acids is 2. The molecule has 1 heterocycles. The summed E-state index contributed by atoms with van der Waals surface area (Å²) in [6.45, 7) is 7.27. The van der Waals surface area contributed by atoms with Gasteiger partial charge in [-0.05, 0) is 57.2 Å². The SMILES string of the molecule is CC(C)(C)OC(=O)NCC1CCN(C(=O)c2ccc(CS(C)(=O)=O)cc2)CC1. The molecule has 0 radical (unpaired) electrons. The van der Waals surface area contributed by atoms with Gasteiger partial charge in [-0.2, -0.15) is 0 Å². The van der Waals surface area contributed by atoms with E-state index in [-0.39, 0.29) is 11.7 Å². The quantitative estimate of drug-likeness (QED) is 0.805. The van der Waals surface area contributed by atoms with E-state index >= 15 is 0 Å². The zero-order valence-corrected chi connectivity index (χ0v) is 17.8. The molecule has 1 N–H and O–H groups in total. The van der Waals surface area contributed by atoms with Crippen molar-refractivity contribution < 1.29 is 22.7 Å². The van der Waals surface area contributed by atoms with Crippen LogP contribution >= 0.6 is 0 Å². The molecule has 0 saturated carbocycles. The predicted molar refractivity (Wildman–Crippen MR) is 108 cm³/mol. The molecule has 1 fully saturated rings. The third kappa shape index (κ3) is 7.50. The summed E-state index contributed by atoms with van der Waals surface area (Å²) in [5.41, 5.74) is 0.713. The van der Waals surface area contributed by atoms with E-state index in [1.807, 2.05) is 20.8 Å². The first-order chi connectivity index (χ1) is 12.9. The number of nitrogens with zero attached hydrogens (tertiary/aromatic N) is 1. The maximum absolute atomic E-state index is 12.6. The van der Waals surface area contributed by atoms with Crippen molar-refractivity contribution >= 4 is 21.8 Å². The lowest BCUT2D eigenvalue weighted by atomic mass is 9.96. The minimum absolute atomic E-state index is 0.0302. The number of likely N-dealkylation sites (tertiary alicyclic amines) is 1. The maximum atomic E-state index is 12.6. The lowest BCUT2D eigenvalue weighted by Crippen LogP contribution is -2.42. The van der Waals surface area contributed by atoms with E-state index in [0.717, 1.165) is 12.8 Å². The molecule has 156 valence electrons. The molecule has 0 atom stereocenters. The van der Waals surface area contributed by atoms with E-state index in [0.29, 0.717) is 36.7 Å². The second kappa shape index (κ2) is 8.94. The molecule has 0 aromatic heterocycles. The number of amides is 2. The van der Waals surface area contributed by atoms with Crippen LogP contribution < -0.4 is 5.32 Å². The summed E-state index contributed by atoms with van der Waals surface area (Å²) in [5, 5.41) is 2.80. The van der Waals surface area contributed by atoms with E-state index in [9.17, 15) is 18.0 Å². The second-order valence-electron chi connectivity index (χ2n) is 8.39. The minimum atomic E-state index is -3.09. The molecule has 0 unspecified atom stereocenters. The van der Waals surface area contributed by atoms with Gasteiger partial charge in [-0.15, -0.1) is 0 Å². The van der Waals surface area contributed by atoms with Crippen molar-refractivity contribution in [2.75, 3.05) is 25.9 Å². The van der Waals surface area contributed by atoms with Gasteiger partial charge < -0.3 is 15.0 Å². The Morgan fingerprint density at radius 1 is 1.14 bits per heavy atom. The van der Waals surface area contributed by atoms with Gasteiger partial charge in [0.15, 0.2) is 9.84 Å². The molecular formula is C20H30N2O5S. The molecule has 0 aliphatic carbocycles. The molecule has 8 heteroatoms. The Hall–Kier alpha value is -2.09. The Morgan fingerprint density at radius 2 is 1.71 bits per heavy atom. The van der Waals surface area contributed by atoms with Crippen molar-refractivity contribution in [3.05, 3.63) is 35.4 Å². The third-order valence-electron chi connectivity index (χ3n) is 4.47. The summed E-state index contributed by atoms with van der Waals surface area (Å²) in [4.78, 5) is 26.2. The van der Waals surface area contributed by atoms with Crippen molar-refractivity contribution in [1.82, 2.24) is 10.2 Å². The molecule has 1 aromatic rings. The van der Waals surface area contributed by atoms with E-state index in [2.05, 4.69) is 5.32 Å².